The maximum absolute atomic E-state index is 13.8. The predicted molar refractivity (Wildman–Crippen MR) is 132 cm³/mol. The Hall–Kier alpha value is -4.20. The van der Waals surface area contributed by atoms with E-state index in [9.17, 15) is 23.2 Å². The standard InChI is InChI=1S/C26H25F3N6O2/c1-16-19(13-30)24(32(2)31-16)33-12-11-18(15-33)35-21-9-6-10-22(37-3)23(21)34(25(35)36)14-17-7-4-5-8-20(17)26(27,28)29/h4-10,18H,11-12,14-15H2,1-3H3. The third kappa shape index (κ3) is 4.02. The molecule has 4 aromatic rings. The molecular formula is C26H25F3N6O2. The Morgan fingerprint density at radius 3 is 2.65 bits per heavy atom. The number of anilines is 1. The first kappa shape index (κ1) is 24.5. The highest BCUT2D eigenvalue weighted by molar-refractivity contribution is 5.83. The number of hydrogen-bond donors (Lipinski definition) is 0. The van der Waals surface area contributed by atoms with E-state index in [0.717, 1.165) is 6.07 Å². The van der Waals surface area contributed by atoms with Crippen LogP contribution in [0.25, 0.3) is 11.0 Å². The number of nitriles is 1. The Labute approximate surface area is 210 Å². The molecule has 37 heavy (non-hydrogen) atoms. The summed E-state index contributed by atoms with van der Waals surface area (Å²) in [4.78, 5) is 15.9. The quantitative estimate of drug-likeness (QED) is 0.401. The molecule has 0 radical (unpaired) electrons. The highest BCUT2D eigenvalue weighted by Gasteiger charge is 2.35. The molecule has 0 bridgehead atoms. The molecule has 1 unspecified atom stereocenters. The van der Waals surface area contributed by atoms with Gasteiger partial charge in [0.2, 0.25) is 0 Å². The molecule has 3 heterocycles. The fourth-order valence-corrected chi connectivity index (χ4v) is 5.36. The summed E-state index contributed by atoms with van der Waals surface area (Å²) in [6.45, 7) is 2.56. The number of imidazole rings is 1. The predicted octanol–water partition coefficient (Wildman–Crippen LogP) is 4.24. The van der Waals surface area contributed by atoms with E-state index >= 15 is 0 Å². The summed E-state index contributed by atoms with van der Waals surface area (Å²) >= 11 is 0. The van der Waals surface area contributed by atoms with Crippen molar-refractivity contribution in [3.63, 3.8) is 0 Å². The Balaban J connectivity index is 1.61. The van der Waals surface area contributed by atoms with Crippen LogP contribution in [0.1, 0.15) is 34.8 Å². The second kappa shape index (κ2) is 9.03. The summed E-state index contributed by atoms with van der Waals surface area (Å²) in [7, 11) is 3.24. The van der Waals surface area contributed by atoms with E-state index in [1.54, 1.807) is 41.4 Å². The van der Waals surface area contributed by atoms with E-state index in [4.69, 9.17) is 4.74 Å². The largest absolute Gasteiger partial charge is 0.494 e. The van der Waals surface area contributed by atoms with E-state index in [-0.39, 0.29) is 18.2 Å². The topological polar surface area (TPSA) is 81.0 Å². The number of hydrogen-bond acceptors (Lipinski definition) is 5. The SMILES string of the molecule is COc1cccc2c1n(Cc1ccccc1C(F)(F)F)c(=O)n2C1CCN(c2c(C#N)c(C)nn2C)C1. The van der Waals surface area contributed by atoms with Gasteiger partial charge in [-0.25, -0.2) is 4.79 Å². The van der Waals surface area contributed by atoms with Crippen LogP contribution in [-0.2, 0) is 19.8 Å². The molecule has 0 spiro atoms. The van der Waals surface area contributed by atoms with Crippen LogP contribution in [0, 0.1) is 18.3 Å². The zero-order chi connectivity index (χ0) is 26.5. The minimum atomic E-state index is -4.55. The Bertz CT molecular complexity index is 1590. The molecule has 1 aliphatic heterocycles. The van der Waals surface area contributed by atoms with Crippen molar-refractivity contribution in [2.45, 2.75) is 32.1 Å². The lowest BCUT2D eigenvalue weighted by Gasteiger charge is -2.19. The Morgan fingerprint density at radius 2 is 1.95 bits per heavy atom. The van der Waals surface area contributed by atoms with Crippen molar-refractivity contribution in [1.29, 1.82) is 5.26 Å². The number of nitrogens with zero attached hydrogens (tertiary/aromatic N) is 6. The smallest absolute Gasteiger partial charge is 0.416 e. The van der Waals surface area contributed by atoms with Gasteiger partial charge >= 0.3 is 11.9 Å². The number of aromatic nitrogens is 4. The molecule has 0 N–H and O–H groups in total. The number of ether oxygens (including phenoxy) is 1. The van der Waals surface area contributed by atoms with Crippen molar-refractivity contribution in [3.05, 3.63) is 75.3 Å². The molecular weight excluding hydrogens is 485 g/mol. The van der Waals surface area contributed by atoms with Crippen LogP contribution in [-0.4, -0.2) is 39.1 Å². The molecule has 2 aromatic heterocycles. The molecule has 8 nitrogen and oxygen atoms in total. The van der Waals surface area contributed by atoms with Crippen molar-refractivity contribution < 1.29 is 17.9 Å². The van der Waals surface area contributed by atoms with E-state index in [1.807, 2.05) is 4.90 Å². The molecule has 1 fully saturated rings. The number of rotatable bonds is 5. The van der Waals surface area contributed by atoms with Crippen LogP contribution >= 0.6 is 0 Å². The summed E-state index contributed by atoms with van der Waals surface area (Å²) in [5, 5.41) is 14.0. The molecule has 0 aliphatic carbocycles. The summed E-state index contributed by atoms with van der Waals surface area (Å²) in [6, 6.07) is 12.5. The van der Waals surface area contributed by atoms with E-state index in [0.29, 0.717) is 53.4 Å². The Morgan fingerprint density at radius 1 is 1.19 bits per heavy atom. The Kier molecular flexibility index (Phi) is 5.98. The minimum absolute atomic E-state index is 0.000809. The molecule has 2 aromatic carbocycles. The fraction of sp³-hybridized carbons (Fsp3) is 0.346. The molecule has 0 saturated carbocycles. The normalized spacial score (nSPS) is 15.9. The van der Waals surface area contributed by atoms with Crippen molar-refractivity contribution in [2.75, 3.05) is 25.1 Å². The second-order valence-corrected chi connectivity index (χ2v) is 9.13. The molecule has 192 valence electrons. The number of methoxy groups -OCH3 is 1. The summed E-state index contributed by atoms with van der Waals surface area (Å²) in [6.07, 6.45) is -3.93. The van der Waals surface area contributed by atoms with Crippen molar-refractivity contribution in [1.82, 2.24) is 18.9 Å². The van der Waals surface area contributed by atoms with Gasteiger partial charge in [-0.3, -0.25) is 13.8 Å². The molecule has 5 rings (SSSR count). The first-order valence-corrected chi connectivity index (χ1v) is 11.8. The summed E-state index contributed by atoms with van der Waals surface area (Å²) < 4.78 is 51.3. The lowest BCUT2D eigenvalue weighted by atomic mass is 10.1. The van der Waals surface area contributed by atoms with Crippen LogP contribution in [0.4, 0.5) is 19.0 Å². The van der Waals surface area contributed by atoms with Gasteiger partial charge in [0.05, 0.1) is 36.5 Å². The highest BCUT2D eigenvalue weighted by atomic mass is 19.4. The number of alkyl halides is 3. The summed E-state index contributed by atoms with van der Waals surface area (Å²) in [5.41, 5.74) is 0.958. The van der Waals surface area contributed by atoms with Gasteiger partial charge in [0.1, 0.15) is 28.7 Å². The van der Waals surface area contributed by atoms with Crippen molar-refractivity contribution >= 4 is 16.9 Å². The third-order valence-electron chi connectivity index (χ3n) is 6.95. The van der Waals surface area contributed by atoms with Gasteiger partial charge in [-0.15, -0.1) is 0 Å². The van der Waals surface area contributed by atoms with Crippen LogP contribution in [0.2, 0.25) is 0 Å². The average molecular weight is 511 g/mol. The van der Waals surface area contributed by atoms with E-state index in [2.05, 4.69) is 11.2 Å². The van der Waals surface area contributed by atoms with Gasteiger partial charge in [0.15, 0.2) is 0 Å². The number of benzene rings is 2. The average Bonchev–Trinajstić information content (AvgIpc) is 3.52. The van der Waals surface area contributed by atoms with Gasteiger partial charge in [0.25, 0.3) is 0 Å². The number of para-hydroxylation sites is 1. The maximum Gasteiger partial charge on any atom is 0.416 e. The van der Waals surface area contributed by atoms with Gasteiger partial charge in [-0.1, -0.05) is 24.3 Å². The van der Waals surface area contributed by atoms with Crippen LogP contribution in [0.5, 0.6) is 5.75 Å². The third-order valence-corrected chi connectivity index (χ3v) is 6.95. The van der Waals surface area contributed by atoms with Gasteiger partial charge in [-0.05, 0) is 37.1 Å². The van der Waals surface area contributed by atoms with E-state index in [1.165, 1.54) is 29.9 Å². The van der Waals surface area contributed by atoms with Gasteiger partial charge in [-0.2, -0.15) is 23.5 Å². The fourth-order valence-electron chi connectivity index (χ4n) is 5.36. The number of aryl methyl sites for hydroxylation is 2. The van der Waals surface area contributed by atoms with Crippen LogP contribution in [0.15, 0.2) is 47.3 Å². The second-order valence-electron chi connectivity index (χ2n) is 9.13. The zero-order valence-corrected chi connectivity index (χ0v) is 20.6. The van der Waals surface area contributed by atoms with E-state index < -0.39 is 17.4 Å². The highest BCUT2D eigenvalue weighted by Crippen LogP contribution is 2.35. The van der Waals surface area contributed by atoms with Gasteiger partial charge in [0, 0.05) is 20.1 Å². The lowest BCUT2D eigenvalue weighted by molar-refractivity contribution is -0.138. The van der Waals surface area contributed by atoms with Crippen molar-refractivity contribution in [3.8, 4) is 11.8 Å². The molecule has 1 aliphatic rings. The molecule has 11 heteroatoms. The summed E-state index contributed by atoms with van der Waals surface area (Å²) in [5.74, 6) is 1.10. The lowest BCUT2D eigenvalue weighted by Crippen LogP contribution is -2.30. The van der Waals surface area contributed by atoms with Gasteiger partial charge < -0.3 is 9.64 Å². The molecule has 0 amide bonds. The number of halogens is 3. The monoisotopic (exact) mass is 510 g/mol. The first-order valence-electron chi connectivity index (χ1n) is 11.8. The van der Waals surface area contributed by atoms with Crippen LogP contribution in [0.3, 0.4) is 0 Å². The zero-order valence-electron chi connectivity index (χ0n) is 20.6. The van der Waals surface area contributed by atoms with Crippen LogP contribution < -0.4 is 15.3 Å². The minimum Gasteiger partial charge on any atom is -0.494 e. The first-order chi connectivity index (χ1) is 17.7. The van der Waals surface area contributed by atoms with Crippen molar-refractivity contribution in [2.24, 2.45) is 7.05 Å². The molecule has 1 atom stereocenters. The molecule has 1 saturated heterocycles. The number of fused-ring (bicyclic) bond motifs is 1. The maximum atomic E-state index is 13.8.